The molecule has 0 saturated heterocycles. The SMILES string of the molecule is CC.CC.O=C(C1=CC=C(CC(=O)C2(c3ccc4c(c3)OCO4)CC2)C1)c1ccccc1. The molecule has 0 atom stereocenters. The number of ether oxygens (including phenoxy) is 2. The van der Waals surface area contributed by atoms with Gasteiger partial charge in [-0.1, -0.05) is 81.8 Å². The standard InChI is InChI=1S/C24H20O4.2C2H6/c25-22(24(10-11-24)19-8-9-20-21(14-19)28-15-27-20)13-16-6-7-18(12-16)23(26)17-4-2-1-3-5-17;2*1-2/h1-9,14H,10-13,15H2;2*1-2H3. The third kappa shape index (κ3) is 4.69. The van der Waals surface area contributed by atoms with Crippen molar-refractivity contribution in [2.45, 2.75) is 58.8 Å². The minimum absolute atomic E-state index is 0.0382. The molecule has 1 aliphatic heterocycles. The van der Waals surface area contributed by atoms with Crippen molar-refractivity contribution in [3.8, 4) is 11.5 Å². The van der Waals surface area contributed by atoms with Gasteiger partial charge in [-0.25, -0.2) is 0 Å². The number of allylic oxidation sites excluding steroid dienone is 4. The number of carbonyl (C=O) groups excluding carboxylic acids is 2. The molecule has 0 N–H and O–H groups in total. The molecular formula is C28H32O4. The second-order valence-corrected chi connectivity index (χ2v) is 7.64. The second kappa shape index (κ2) is 10.4. The molecule has 1 fully saturated rings. The van der Waals surface area contributed by atoms with Crippen molar-refractivity contribution in [3.05, 3.63) is 83.0 Å². The summed E-state index contributed by atoms with van der Waals surface area (Å²) in [5, 5.41) is 0. The number of rotatable bonds is 6. The highest BCUT2D eigenvalue weighted by atomic mass is 16.7. The van der Waals surface area contributed by atoms with Gasteiger partial charge in [0, 0.05) is 17.6 Å². The van der Waals surface area contributed by atoms with Gasteiger partial charge >= 0.3 is 0 Å². The van der Waals surface area contributed by atoms with Crippen molar-refractivity contribution >= 4 is 11.6 Å². The predicted octanol–water partition coefficient (Wildman–Crippen LogP) is 6.60. The van der Waals surface area contributed by atoms with Crippen LogP contribution in [0, 0.1) is 0 Å². The summed E-state index contributed by atoms with van der Waals surface area (Å²) in [7, 11) is 0. The van der Waals surface area contributed by atoms with E-state index in [4.69, 9.17) is 9.47 Å². The van der Waals surface area contributed by atoms with E-state index in [-0.39, 0.29) is 18.4 Å². The van der Waals surface area contributed by atoms with E-state index in [2.05, 4.69) is 0 Å². The quantitative estimate of drug-likeness (QED) is 0.483. The fourth-order valence-electron chi connectivity index (χ4n) is 4.06. The van der Waals surface area contributed by atoms with Crippen molar-refractivity contribution in [3.63, 3.8) is 0 Å². The van der Waals surface area contributed by atoms with Gasteiger partial charge < -0.3 is 9.47 Å². The van der Waals surface area contributed by atoms with Crippen LogP contribution in [0.3, 0.4) is 0 Å². The molecule has 2 aromatic carbocycles. The van der Waals surface area contributed by atoms with E-state index in [1.165, 1.54) is 0 Å². The first-order valence-corrected chi connectivity index (χ1v) is 11.6. The lowest BCUT2D eigenvalue weighted by Crippen LogP contribution is -2.20. The summed E-state index contributed by atoms with van der Waals surface area (Å²) in [4.78, 5) is 25.7. The highest BCUT2D eigenvalue weighted by Crippen LogP contribution is 2.52. The lowest BCUT2D eigenvalue weighted by Gasteiger charge is -2.16. The summed E-state index contributed by atoms with van der Waals surface area (Å²) in [5.74, 6) is 1.71. The second-order valence-electron chi connectivity index (χ2n) is 7.64. The summed E-state index contributed by atoms with van der Waals surface area (Å²) >= 11 is 0. The average Bonchev–Trinajstić information content (AvgIpc) is 3.31. The molecule has 0 radical (unpaired) electrons. The molecule has 0 unspecified atom stereocenters. The van der Waals surface area contributed by atoms with E-state index in [0.717, 1.165) is 35.3 Å². The molecule has 0 amide bonds. The van der Waals surface area contributed by atoms with Crippen LogP contribution >= 0.6 is 0 Å². The third-order valence-electron chi connectivity index (χ3n) is 5.86. The van der Waals surface area contributed by atoms with Crippen LogP contribution in [0.4, 0.5) is 0 Å². The topological polar surface area (TPSA) is 52.6 Å². The van der Waals surface area contributed by atoms with Crippen LogP contribution in [-0.2, 0) is 10.2 Å². The average molecular weight is 433 g/mol. The number of ketones is 2. The van der Waals surface area contributed by atoms with Gasteiger partial charge in [0.15, 0.2) is 17.3 Å². The zero-order chi connectivity index (χ0) is 23.1. The molecular weight excluding hydrogens is 400 g/mol. The Kier molecular flexibility index (Phi) is 7.68. The Morgan fingerprint density at radius 1 is 0.875 bits per heavy atom. The zero-order valence-electron chi connectivity index (χ0n) is 19.4. The van der Waals surface area contributed by atoms with E-state index >= 15 is 0 Å². The zero-order valence-corrected chi connectivity index (χ0v) is 19.4. The van der Waals surface area contributed by atoms with Crippen LogP contribution < -0.4 is 9.47 Å². The summed E-state index contributed by atoms with van der Waals surface area (Å²) in [6, 6.07) is 15.1. The Morgan fingerprint density at radius 3 is 2.25 bits per heavy atom. The Labute approximate surface area is 190 Å². The Bertz CT molecular complexity index is 1030. The first-order chi connectivity index (χ1) is 15.7. The summed E-state index contributed by atoms with van der Waals surface area (Å²) < 4.78 is 10.8. The fourth-order valence-corrected chi connectivity index (χ4v) is 4.06. The summed E-state index contributed by atoms with van der Waals surface area (Å²) in [6.45, 7) is 8.23. The van der Waals surface area contributed by atoms with Gasteiger partial charge in [0.1, 0.15) is 5.78 Å². The largest absolute Gasteiger partial charge is 0.454 e. The molecule has 5 rings (SSSR count). The van der Waals surface area contributed by atoms with E-state index < -0.39 is 5.41 Å². The van der Waals surface area contributed by atoms with Gasteiger partial charge in [0.05, 0.1) is 5.41 Å². The van der Waals surface area contributed by atoms with E-state index in [1.54, 1.807) is 0 Å². The van der Waals surface area contributed by atoms with Crippen LogP contribution in [0.2, 0.25) is 0 Å². The number of benzene rings is 2. The minimum Gasteiger partial charge on any atom is -0.454 e. The number of carbonyl (C=O) groups is 2. The van der Waals surface area contributed by atoms with Crippen LogP contribution in [-0.4, -0.2) is 18.4 Å². The highest BCUT2D eigenvalue weighted by Gasteiger charge is 2.51. The lowest BCUT2D eigenvalue weighted by atomic mass is 9.87. The number of hydrogen-bond acceptors (Lipinski definition) is 4. The molecule has 4 nitrogen and oxygen atoms in total. The van der Waals surface area contributed by atoms with Crippen molar-refractivity contribution in [2.75, 3.05) is 6.79 Å². The molecule has 32 heavy (non-hydrogen) atoms. The van der Waals surface area contributed by atoms with Crippen LogP contribution in [0.1, 0.15) is 69.3 Å². The van der Waals surface area contributed by atoms with Gasteiger partial charge in [0.25, 0.3) is 0 Å². The number of Topliss-reactive ketones (excluding diaryl/α,β-unsaturated/α-hetero) is 2. The first kappa shape index (κ1) is 23.5. The number of fused-ring (bicyclic) bond motifs is 1. The molecule has 4 heteroatoms. The van der Waals surface area contributed by atoms with E-state index in [9.17, 15) is 9.59 Å². The first-order valence-electron chi connectivity index (χ1n) is 11.6. The smallest absolute Gasteiger partial charge is 0.231 e. The molecule has 3 aliphatic rings. The minimum atomic E-state index is -0.409. The maximum atomic E-state index is 13.1. The molecule has 1 heterocycles. The van der Waals surface area contributed by atoms with Crippen molar-refractivity contribution in [2.24, 2.45) is 0 Å². The van der Waals surface area contributed by atoms with Gasteiger partial charge in [-0.05, 0) is 37.0 Å². The van der Waals surface area contributed by atoms with Gasteiger partial charge in [-0.3, -0.25) is 9.59 Å². The Balaban J connectivity index is 0.000000686. The molecule has 168 valence electrons. The fraction of sp³-hybridized carbons (Fsp3) is 0.357. The predicted molar refractivity (Wildman–Crippen MR) is 127 cm³/mol. The van der Waals surface area contributed by atoms with Gasteiger partial charge in [0.2, 0.25) is 6.79 Å². The van der Waals surface area contributed by atoms with Crippen molar-refractivity contribution in [1.82, 2.24) is 0 Å². The molecule has 0 aromatic heterocycles. The van der Waals surface area contributed by atoms with E-state index in [1.807, 2.05) is 88.4 Å². The van der Waals surface area contributed by atoms with Crippen LogP contribution in [0.5, 0.6) is 11.5 Å². The summed E-state index contributed by atoms with van der Waals surface area (Å²) in [5.41, 5.74) is 3.05. The van der Waals surface area contributed by atoms with Crippen LogP contribution in [0.15, 0.2) is 71.8 Å². The monoisotopic (exact) mass is 432 g/mol. The maximum absolute atomic E-state index is 13.1. The van der Waals surface area contributed by atoms with Crippen LogP contribution in [0.25, 0.3) is 0 Å². The maximum Gasteiger partial charge on any atom is 0.231 e. The molecule has 0 bridgehead atoms. The highest BCUT2D eigenvalue weighted by molar-refractivity contribution is 6.09. The van der Waals surface area contributed by atoms with Gasteiger partial charge in [-0.15, -0.1) is 0 Å². The molecule has 2 aromatic rings. The van der Waals surface area contributed by atoms with Crippen molar-refractivity contribution < 1.29 is 19.1 Å². The summed E-state index contributed by atoms with van der Waals surface area (Å²) in [6.07, 6.45) is 6.46. The Morgan fingerprint density at radius 2 is 1.56 bits per heavy atom. The van der Waals surface area contributed by atoms with Gasteiger partial charge in [-0.2, -0.15) is 0 Å². The molecule has 2 aliphatic carbocycles. The number of hydrogen-bond donors (Lipinski definition) is 0. The third-order valence-corrected chi connectivity index (χ3v) is 5.86. The van der Waals surface area contributed by atoms with Crippen molar-refractivity contribution in [1.29, 1.82) is 0 Å². The Hall–Kier alpha value is -3.14. The lowest BCUT2D eigenvalue weighted by molar-refractivity contribution is -0.120. The molecule has 1 saturated carbocycles. The van der Waals surface area contributed by atoms with E-state index in [0.29, 0.717) is 24.2 Å². The molecule has 0 spiro atoms. The normalized spacial score (nSPS) is 16.5.